The summed E-state index contributed by atoms with van der Waals surface area (Å²) >= 11 is 0. The normalized spacial score (nSPS) is 9.79. The minimum absolute atomic E-state index is 0.823. The Balaban J connectivity index is 2.19. The standard InChI is InChI=1S/C12H11NO/c1-10-9-12(7-8-13-10)14-11-5-3-2-4-6-11/h2-9H,1H3. The number of aryl methyl sites for hydroxylation is 1. The monoisotopic (exact) mass is 185 g/mol. The van der Waals surface area contributed by atoms with Crippen molar-refractivity contribution in [2.45, 2.75) is 6.92 Å². The van der Waals surface area contributed by atoms with Crippen LogP contribution in [0.4, 0.5) is 0 Å². The number of para-hydroxylation sites is 1. The van der Waals surface area contributed by atoms with Crippen molar-refractivity contribution in [2.24, 2.45) is 0 Å². The summed E-state index contributed by atoms with van der Waals surface area (Å²) in [5.74, 6) is 1.67. The average molecular weight is 185 g/mol. The Morgan fingerprint density at radius 1 is 1.00 bits per heavy atom. The van der Waals surface area contributed by atoms with Crippen LogP contribution in [0, 0.1) is 6.92 Å². The van der Waals surface area contributed by atoms with Crippen molar-refractivity contribution in [3.05, 3.63) is 54.4 Å². The van der Waals surface area contributed by atoms with Gasteiger partial charge in [-0.2, -0.15) is 0 Å². The third-order valence-electron chi connectivity index (χ3n) is 1.85. The summed E-state index contributed by atoms with van der Waals surface area (Å²) in [4.78, 5) is 4.10. The van der Waals surface area contributed by atoms with Gasteiger partial charge in [0.25, 0.3) is 0 Å². The maximum Gasteiger partial charge on any atom is 0.130 e. The Hall–Kier alpha value is -1.83. The number of pyridine rings is 1. The zero-order valence-corrected chi connectivity index (χ0v) is 7.97. The minimum Gasteiger partial charge on any atom is -0.457 e. The van der Waals surface area contributed by atoms with Crippen molar-refractivity contribution < 1.29 is 4.74 Å². The van der Waals surface area contributed by atoms with Crippen molar-refractivity contribution in [1.29, 1.82) is 0 Å². The molecule has 0 atom stereocenters. The second-order valence-electron chi connectivity index (χ2n) is 3.05. The van der Waals surface area contributed by atoms with Gasteiger partial charge in [-0.3, -0.25) is 4.98 Å². The lowest BCUT2D eigenvalue weighted by molar-refractivity contribution is 0.481. The summed E-state index contributed by atoms with van der Waals surface area (Å²) < 4.78 is 5.62. The molecular weight excluding hydrogens is 174 g/mol. The van der Waals surface area contributed by atoms with Gasteiger partial charge in [0.05, 0.1) is 0 Å². The molecule has 1 aromatic carbocycles. The molecule has 0 fully saturated rings. The Morgan fingerprint density at radius 2 is 1.79 bits per heavy atom. The number of nitrogens with zero attached hydrogens (tertiary/aromatic N) is 1. The van der Waals surface area contributed by atoms with Crippen molar-refractivity contribution in [3.8, 4) is 11.5 Å². The number of benzene rings is 1. The van der Waals surface area contributed by atoms with Crippen LogP contribution >= 0.6 is 0 Å². The molecule has 0 aliphatic heterocycles. The van der Waals surface area contributed by atoms with Crippen LogP contribution < -0.4 is 4.74 Å². The smallest absolute Gasteiger partial charge is 0.130 e. The second kappa shape index (κ2) is 3.92. The highest BCUT2D eigenvalue weighted by Crippen LogP contribution is 2.20. The van der Waals surface area contributed by atoms with E-state index >= 15 is 0 Å². The quantitative estimate of drug-likeness (QED) is 0.716. The lowest BCUT2D eigenvalue weighted by atomic mass is 10.3. The molecule has 0 amide bonds. The fourth-order valence-corrected chi connectivity index (χ4v) is 1.21. The van der Waals surface area contributed by atoms with Crippen molar-refractivity contribution in [2.75, 3.05) is 0 Å². The second-order valence-corrected chi connectivity index (χ2v) is 3.05. The predicted octanol–water partition coefficient (Wildman–Crippen LogP) is 3.18. The molecule has 2 aromatic rings. The zero-order valence-electron chi connectivity index (χ0n) is 7.97. The van der Waals surface area contributed by atoms with Gasteiger partial charge < -0.3 is 4.74 Å². The van der Waals surface area contributed by atoms with Crippen LogP contribution in [-0.2, 0) is 0 Å². The van der Waals surface area contributed by atoms with E-state index in [-0.39, 0.29) is 0 Å². The molecule has 1 heterocycles. The van der Waals surface area contributed by atoms with Gasteiger partial charge >= 0.3 is 0 Å². The molecule has 2 nitrogen and oxygen atoms in total. The number of aromatic nitrogens is 1. The van der Waals surface area contributed by atoms with Crippen LogP contribution in [-0.4, -0.2) is 4.98 Å². The molecule has 70 valence electrons. The first-order chi connectivity index (χ1) is 6.84. The molecular formula is C12H11NO. The Kier molecular flexibility index (Phi) is 2.45. The number of ether oxygens (including phenoxy) is 1. The number of rotatable bonds is 2. The molecule has 0 bridgehead atoms. The van der Waals surface area contributed by atoms with Gasteiger partial charge in [-0.1, -0.05) is 18.2 Å². The highest BCUT2D eigenvalue weighted by Gasteiger charge is 1.95. The summed E-state index contributed by atoms with van der Waals surface area (Å²) in [6, 6.07) is 13.5. The van der Waals surface area contributed by atoms with E-state index in [0.717, 1.165) is 17.2 Å². The van der Waals surface area contributed by atoms with Gasteiger partial charge in [0, 0.05) is 18.0 Å². The van der Waals surface area contributed by atoms with Gasteiger partial charge in [-0.05, 0) is 25.1 Å². The van der Waals surface area contributed by atoms with Crippen LogP contribution in [0.25, 0.3) is 0 Å². The van der Waals surface area contributed by atoms with E-state index in [0.29, 0.717) is 0 Å². The molecule has 0 radical (unpaired) electrons. The summed E-state index contributed by atoms with van der Waals surface area (Å²) in [5, 5.41) is 0. The zero-order chi connectivity index (χ0) is 9.80. The van der Waals surface area contributed by atoms with Crippen LogP contribution in [0.3, 0.4) is 0 Å². The summed E-state index contributed by atoms with van der Waals surface area (Å²) in [6.07, 6.45) is 1.74. The van der Waals surface area contributed by atoms with Crippen molar-refractivity contribution >= 4 is 0 Å². The van der Waals surface area contributed by atoms with Gasteiger partial charge in [-0.15, -0.1) is 0 Å². The maximum atomic E-state index is 5.62. The van der Waals surface area contributed by atoms with Crippen molar-refractivity contribution in [3.63, 3.8) is 0 Å². The molecule has 2 rings (SSSR count). The first-order valence-corrected chi connectivity index (χ1v) is 4.50. The molecule has 0 saturated carbocycles. The average Bonchev–Trinajstić information content (AvgIpc) is 2.19. The van der Waals surface area contributed by atoms with Gasteiger partial charge in [0.2, 0.25) is 0 Å². The first kappa shape index (κ1) is 8.75. The van der Waals surface area contributed by atoms with Crippen molar-refractivity contribution in [1.82, 2.24) is 4.98 Å². The molecule has 0 unspecified atom stereocenters. The molecule has 0 N–H and O–H groups in total. The van der Waals surface area contributed by atoms with Crippen LogP contribution in [0.1, 0.15) is 5.69 Å². The van der Waals surface area contributed by atoms with E-state index in [4.69, 9.17) is 4.74 Å². The van der Waals surface area contributed by atoms with Crippen LogP contribution in [0.15, 0.2) is 48.7 Å². The van der Waals surface area contributed by atoms with E-state index < -0.39 is 0 Å². The molecule has 1 aromatic heterocycles. The van der Waals surface area contributed by atoms with Crippen LogP contribution in [0.2, 0.25) is 0 Å². The lowest BCUT2D eigenvalue weighted by Crippen LogP contribution is -1.85. The molecule has 0 saturated heterocycles. The highest BCUT2D eigenvalue weighted by atomic mass is 16.5. The fourth-order valence-electron chi connectivity index (χ4n) is 1.21. The lowest BCUT2D eigenvalue weighted by Gasteiger charge is -2.04. The van der Waals surface area contributed by atoms with Crippen LogP contribution in [0.5, 0.6) is 11.5 Å². The SMILES string of the molecule is Cc1cc(Oc2ccccc2)ccn1. The Bertz CT molecular complexity index is 412. The number of hydrogen-bond donors (Lipinski definition) is 0. The van der Waals surface area contributed by atoms with E-state index in [1.807, 2.05) is 49.4 Å². The van der Waals surface area contributed by atoms with Gasteiger partial charge in [-0.25, -0.2) is 0 Å². The Labute approximate surface area is 83.2 Å². The summed E-state index contributed by atoms with van der Waals surface area (Å²) in [5.41, 5.74) is 0.957. The molecule has 0 aliphatic rings. The van der Waals surface area contributed by atoms with E-state index in [9.17, 15) is 0 Å². The van der Waals surface area contributed by atoms with E-state index in [2.05, 4.69) is 4.98 Å². The molecule has 0 aliphatic carbocycles. The molecule has 2 heteroatoms. The highest BCUT2D eigenvalue weighted by molar-refractivity contribution is 5.30. The van der Waals surface area contributed by atoms with Gasteiger partial charge in [0.1, 0.15) is 11.5 Å². The predicted molar refractivity (Wildman–Crippen MR) is 55.5 cm³/mol. The van der Waals surface area contributed by atoms with E-state index in [1.165, 1.54) is 0 Å². The van der Waals surface area contributed by atoms with E-state index in [1.54, 1.807) is 6.20 Å². The minimum atomic E-state index is 0.823. The first-order valence-electron chi connectivity index (χ1n) is 4.50. The maximum absolute atomic E-state index is 5.62. The third kappa shape index (κ3) is 2.10. The Morgan fingerprint density at radius 3 is 2.50 bits per heavy atom. The summed E-state index contributed by atoms with van der Waals surface area (Å²) in [6.45, 7) is 1.94. The molecule has 14 heavy (non-hydrogen) atoms. The number of hydrogen-bond acceptors (Lipinski definition) is 2. The third-order valence-corrected chi connectivity index (χ3v) is 1.85. The fraction of sp³-hybridized carbons (Fsp3) is 0.0833. The van der Waals surface area contributed by atoms with Gasteiger partial charge in [0.15, 0.2) is 0 Å². The topological polar surface area (TPSA) is 22.1 Å². The largest absolute Gasteiger partial charge is 0.457 e. The summed E-state index contributed by atoms with van der Waals surface area (Å²) in [7, 11) is 0. The molecule has 0 spiro atoms.